The Morgan fingerprint density at radius 3 is 2.76 bits per heavy atom. The summed E-state index contributed by atoms with van der Waals surface area (Å²) in [4.78, 5) is 30.2. The molecule has 2 aliphatic carbocycles. The van der Waals surface area contributed by atoms with Gasteiger partial charge in [-0.25, -0.2) is 0 Å². The summed E-state index contributed by atoms with van der Waals surface area (Å²) >= 11 is 0. The molecule has 198 valence electrons. The number of likely N-dealkylation sites (tertiary alicyclic amines) is 1. The highest BCUT2D eigenvalue weighted by Gasteiger charge is 2.75. The van der Waals surface area contributed by atoms with Crippen molar-refractivity contribution in [2.75, 3.05) is 20.1 Å². The van der Waals surface area contributed by atoms with E-state index in [1.54, 1.807) is 17.0 Å². The molecule has 38 heavy (non-hydrogen) atoms. The van der Waals surface area contributed by atoms with Crippen LogP contribution < -0.4 is 4.74 Å². The van der Waals surface area contributed by atoms with Crippen LogP contribution in [0.5, 0.6) is 11.5 Å². The molecule has 0 unspecified atom stereocenters. The lowest BCUT2D eigenvalue weighted by Gasteiger charge is -2.65. The first-order valence-electron chi connectivity index (χ1n) is 13.4. The molecule has 7 heteroatoms. The first-order chi connectivity index (χ1) is 18.3. The lowest BCUT2D eigenvalue weighted by Crippen LogP contribution is -2.79. The van der Waals surface area contributed by atoms with E-state index >= 15 is 0 Å². The number of aromatic hydroxyl groups is 1. The second-order valence-electron chi connectivity index (χ2n) is 11.0. The van der Waals surface area contributed by atoms with Crippen molar-refractivity contribution >= 4 is 18.0 Å². The van der Waals surface area contributed by atoms with Gasteiger partial charge in [0.15, 0.2) is 11.5 Å². The highest BCUT2D eigenvalue weighted by atomic mass is 16.6. The van der Waals surface area contributed by atoms with E-state index in [9.17, 15) is 14.7 Å². The molecule has 2 fully saturated rings. The molecule has 5 atom stereocenters. The van der Waals surface area contributed by atoms with E-state index in [1.807, 2.05) is 55.6 Å². The number of piperidine rings is 1. The molecule has 2 bridgehead atoms. The maximum absolute atomic E-state index is 13.4. The van der Waals surface area contributed by atoms with Gasteiger partial charge in [0.05, 0.1) is 17.5 Å². The fraction of sp³-hybridized carbons (Fsp3) is 0.419. The number of carbonyl (C=O) groups excluding carboxylic acids is 2. The van der Waals surface area contributed by atoms with Crippen molar-refractivity contribution in [1.29, 1.82) is 0 Å². The lowest BCUT2D eigenvalue weighted by molar-refractivity contribution is -0.222. The van der Waals surface area contributed by atoms with Crippen LogP contribution in [0.2, 0.25) is 0 Å². The van der Waals surface area contributed by atoms with Crippen LogP contribution in [0.3, 0.4) is 0 Å². The number of amides is 1. The van der Waals surface area contributed by atoms with E-state index in [0.29, 0.717) is 38.0 Å². The van der Waals surface area contributed by atoms with E-state index in [2.05, 4.69) is 11.5 Å². The van der Waals surface area contributed by atoms with Crippen molar-refractivity contribution in [3.63, 3.8) is 0 Å². The molecule has 7 nitrogen and oxygen atoms in total. The van der Waals surface area contributed by atoms with Crippen LogP contribution in [0.25, 0.3) is 6.08 Å². The van der Waals surface area contributed by atoms with E-state index in [-0.39, 0.29) is 29.7 Å². The van der Waals surface area contributed by atoms with Gasteiger partial charge in [0, 0.05) is 38.7 Å². The van der Waals surface area contributed by atoms with Crippen LogP contribution in [0.1, 0.15) is 42.9 Å². The van der Waals surface area contributed by atoms with Crippen LogP contribution in [0.15, 0.2) is 61.2 Å². The van der Waals surface area contributed by atoms with Gasteiger partial charge in [0.1, 0.15) is 11.7 Å². The predicted molar refractivity (Wildman–Crippen MR) is 144 cm³/mol. The third-order valence-corrected chi connectivity index (χ3v) is 9.25. The molecule has 1 N–H and O–H groups in total. The summed E-state index contributed by atoms with van der Waals surface area (Å²) in [6.07, 6.45) is 7.47. The predicted octanol–water partition coefficient (Wildman–Crippen LogP) is 3.84. The molecule has 2 aromatic rings. The summed E-state index contributed by atoms with van der Waals surface area (Å²) in [5.74, 6) is 0.134. The zero-order valence-electron chi connectivity index (χ0n) is 21.9. The Kier molecular flexibility index (Phi) is 5.87. The molecule has 0 aromatic heterocycles. The van der Waals surface area contributed by atoms with E-state index < -0.39 is 17.1 Å². The molecular weight excluding hydrogens is 480 g/mol. The number of likely N-dealkylation sites (N-methyl/N-ethyl adjacent to an activating group) is 1. The SMILES string of the molecule is C=CCN1CC[C@]23c4c5ccc(O)c4O[C@H]2[C@@H](N(C)C(=O)C=Cc2ccccc2)CC[C@@]3(OC(C)=O)[C@H]1C5. The Morgan fingerprint density at radius 2 is 2.03 bits per heavy atom. The molecule has 1 saturated heterocycles. The molecule has 4 aliphatic rings. The summed E-state index contributed by atoms with van der Waals surface area (Å²) in [6.45, 7) is 6.92. The Hall–Kier alpha value is -3.58. The number of carbonyl (C=O) groups is 2. The Bertz CT molecular complexity index is 1320. The maximum atomic E-state index is 13.4. The van der Waals surface area contributed by atoms with Crippen LogP contribution in [0.4, 0.5) is 0 Å². The molecule has 6 rings (SSSR count). The fourth-order valence-corrected chi connectivity index (χ4v) is 7.83. The normalized spacial score (nSPS) is 30.8. The minimum atomic E-state index is -0.822. The lowest BCUT2D eigenvalue weighted by atomic mass is 9.48. The number of hydrogen-bond acceptors (Lipinski definition) is 6. The molecule has 2 aromatic carbocycles. The van der Waals surface area contributed by atoms with Crippen molar-refractivity contribution in [3.8, 4) is 11.5 Å². The third kappa shape index (κ3) is 3.37. The first kappa shape index (κ1) is 24.7. The minimum Gasteiger partial charge on any atom is -0.504 e. The van der Waals surface area contributed by atoms with Crippen molar-refractivity contribution < 1.29 is 24.2 Å². The molecule has 2 aliphatic heterocycles. The van der Waals surface area contributed by atoms with Gasteiger partial charge < -0.3 is 19.5 Å². The number of hydrogen-bond donors (Lipinski definition) is 1. The van der Waals surface area contributed by atoms with Gasteiger partial charge in [-0.1, -0.05) is 42.5 Å². The van der Waals surface area contributed by atoms with Gasteiger partial charge in [-0.3, -0.25) is 14.5 Å². The molecule has 1 spiro atoms. The van der Waals surface area contributed by atoms with E-state index in [0.717, 1.165) is 23.2 Å². The molecule has 1 saturated carbocycles. The summed E-state index contributed by atoms with van der Waals surface area (Å²) < 4.78 is 13.1. The summed E-state index contributed by atoms with van der Waals surface area (Å²) in [5, 5.41) is 10.9. The zero-order chi connectivity index (χ0) is 26.7. The largest absolute Gasteiger partial charge is 0.504 e. The van der Waals surface area contributed by atoms with E-state index in [1.165, 1.54) is 6.92 Å². The Morgan fingerprint density at radius 1 is 1.24 bits per heavy atom. The smallest absolute Gasteiger partial charge is 0.303 e. The second-order valence-corrected chi connectivity index (χ2v) is 11.0. The average molecular weight is 515 g/mol. The van der Waals surface area contributed by atoms with Gasteiger partial charge in [-0.2, -0.15) is 0 Å². The molecule has 0 radical (unpaired) electrons. The third-order valence-electron chi connectivity index (χ3n) is 9.25. The van der Waals surface area contributed by atoms with Crippen molar-refractivity contribution in [1.82, 2.24) is 9.80 Å². The summed E-state index contributed by atoms with van der Waals surface area (Å²) in [5.41, 5.74) is 1.54. The second kappa shape index (κ2) is 9.02. The quantitative estimate of drug-likeness (QED) is 0.359. The van der Waals surface area contributed by atoms with Gasteiger partial charge >= 0.3 is 5.97 Å². The first-order valence-corrected chi connectivity index (χ1v) is 13.4. The highest BCUT2D eigenvalue weighted by Crippen LogP contribution is 2.67. The fourth-order valence-electron chi connectivity index (χ4n) is 7.83. The van der Waals surface area contributed by atoms with Crippen molar-refractivity contribution in [2.24, 2.45) is 0 Å². The molecule has 2 heterocycles. The standard InChI is InChI=1S/C31H34N2O5/c1-4-17-33-18-16-30-27-22-11-12-24(35)28(27)37-29(30)23(14-15-31(30,25(33)19-22)38-20(2)34)32(3)26(36)13-10-21-8-6-5-7-9-21/h4-13,23,25,29,35H,1,14-19H2,2-3H3/t23-,25+,29-,30-,31+/m0/s1. The minimum absolute atomic E-state index is 0.0489. The van der Waals surface area contributed by atoms with Gasteiger partial charge in [0.2, 0.25) is 5.91 Å². The number of nitrogens with zero attached hydrogens (tertiary/aromatic N) is 2. The van der Waals surface area contributed by atoms with Gasteiger partial charge in [-0.15, -0.1) is 6.58 Å². The highest BCUT2D eigenvalue weighted by molar-refractivity contribution is 5.92. The average Bonchev–Trinajstić information content (AvgIpc) is 3.26. The van der Waals surface area contributed by atoms with Crippen LogP contribution >= 0.6 is 0 Å². The van der Waals surface area contributed by atoms with Crippen molar-refractivity contribution in [3.05, 3.63) is 77.9 Å². The summed E-state index contributed by atoms with van der Waals surface area (Å²) in [6, 6.07) is 13.1. The topological polar surface area (TPSA) is 79.3 Å². The zero-order valence-corrected chi connectivity index (χ0v) is 21.9. The molecule has 1 amide bonds. The maximum Gasteiger partial charge on any atom is 0.303 e. The number of phenols is 1. The number of esters is 1. The number of ether oxygens (including phenoxy) is 2. The number of phenolic OH excluding ortho intramolecular Hbond substituents is 1. The van der Waals surface area contributed by atoms with Crippen LogP contribution in [-0.4, -0.2) is 70.7 Å². The Balaban J connectivity index is 1.45. The van der Waals surface area contributed by atoms with Gasteiger partial charge in [0.25, 0.3) is 0 Å². The van der Waals surface area contributed by atoms with Gasteiger partial charge in [-0.05, 0) is 49.0 Å². The van der Waals surface area contributed by atoms with E-state index in [4.69, 9.17) is 9.47 Å². The van der Waals surface area contributed by atoms with Crippen LogP contribution in [-0.2, 0) is 26.2 Å². The summed E-state index contributed by atoms with van der Waals surface area (Å²) in [7, 11) is 1.82. The monoisotopic (exact) mass is 514 g/mol. The van der Waals surface area contributed by atoms with Crippen LogP contribution in [0, 0.1) is 0 Å². The van der Waals surface area contributed by atoms with Crippen molar-refractivity contribution in [2.45, 2.75) is 61.8 Å². The number of rotatable bonds is 6. The Labute approximate surface area is 223 Å². The number of benzene rings is 2. The molecular formula is C31H34N2O5.